The number of anilines is 1. The Hall–Kier alpha value is -1.35. The molecule has 0 radical (unpaired) electrons. The molecule has 98 valence electrons. The van der Waals surface area contributed by atoms with Gasteiger partial charge in [0, 0.05) is 5.69 Å². The van der Waals surface area contributed by atoms with Crippen LogP contribution in [0.5, 0.6) is 0 Å². The van der Waals surface area contributed by atoms with E-state index in [0.717, 1.165) is 24.9 Å². The van der Waals surface area contributed by atoms with Crippen molar-refractivity contribution < 1.29 is 4.79 Å². The highest BCUT2D eigenvalue weighted by molar-refractivity contribution is 5.98. The van der Waals surface area contributed by atoms with E-state index in [0.29, 0.717) is 0 Å². The molecule has 3 heteroatoms. The zero-order chi connectivity index (χ0) is 13.4. The molecule has 1 saturated carbocycles. The molecular weight excluding hydrogens is 224 g/mol. The minimum absolute atomic E-state index is 0.0581. The third kappa shape index (κ3) is 2.56. The largest absolute Gasteiger partial charge is 0.324 e. The van der Waals surface area contributed by atoms with Crippen molar-refractivity contribution in [3.63, 3.8) is 0 Å². The summed E-state index contributed by atoms with van der Waals surface area (Å²) in [6.07, 6.45) is 2.63. The maximum absolute atomic E-state index is 12.0. The Labute approximate surface area is 109 Å². The fourth-order valence-electron chi connectivity index (χ4n) is 2.09. The summed E-state index contributed by atoms with van der Waals surface area (Å²) in [5, 5.41) is 2.90. The smallest absolute Gasteiger partial charge is 0.244 e. The molecule has 0 aromatic heterocycles. The van der Waals surface area contributed by atoms with Gasteiger partial charge in [-0.05, 0) is 42.4 Å². The van der Waals surface area contributed by atoms with Crippen LogP contribution in [-0.2, 0) is 10.2 Å². The highest BCUT2D eigenvalue weighted by atomic mass is 16.2. The van der Waals surface area contributed by atoms with Gasteiger partial charge in [-0.15, -0.1) is 0 Å². The number of carbonyl (C=O) groups excluding carboxylic acids is 1. The van der Waals surface area contributed by atoms with E-state index in [4.69, 9.17) is 5.73 Å². The molecule has 0 unspecified atom stereocenters. The van der Waals surface area contributed by atoms with Gasteiger partial charge in [-0.25, -0.2) is 0 Å². The Morgan fingerprint density at radius 3 is 2.17 bits per heavy atom. The lowest BCUT2D eigenvalue weighted by Crippen LogP contribution is -2.56. The lowest BCUT2D eigenvalue weighted by molar-refractivity contribution is -0.123. The lowest BCUT2D eigenvalue weighted by Gasteiger charge is -2.36. The second-order valence-corrected chi connectivity index (χ2v) is 6.29. The van der Waals surface area contributed by atoms with Crippen LogP contribution in [0.15, 0.2) is 24.3 Å². The van der Waals surface area contributed by atoms with Gasteiger partial charge in [0.1, 0.15) is 0 Å². The van der Waals surface area contributed by atoms with E-state index in [1.54, 1.807) is 0 Å². The summed E-state index contributed by atoms with van der Waals surface area (Å²) in [4.78, 5) is 12.0. The van der Waals surface area contributed by atoms with Crippen molar-refractivity contribution in [1.29, 1.82) is 0 Å². The Morgan fingerprint density at radius 1 is 1.22 bits per heavy atom. The quantitative estimate of drug-likeness (QED) is 0.843. The van der Waals surface area contributed by atoms with Gasteiger partial charge in [-0.1, -0.05) is 32.9 Å². The summed E-state index contributed by atoms with van der Waals surface area (Å²) in [6, 6.07) is 8.00. The van der Waals surface area contributed by atoms with Crippen molar-refractivity contribution in [3.8, 4) is 0 Å². The molecule has 0 heterocycles. The molecule has 0 spiro atoms. The Morgan fingerprint density at radius 2 is 1.78 bits per heavy atom. The summed E-state index contributed by atoms with van der Waals surface area (Å²) in [6.45, 7) is 6.51. The summed E-state index contributed by atoms with van der Waals surface area (Å²) in [5.41, 5.74) is 7.56. The SMILES string of the molecule is CC(C)(C)c1ccc(NC(=O)C2(N)CCC2)cc1. The molecular formula is C15H22N2O. The normalized spacial score (nSPS) is 18.0. The molecule has 3 nitrogen and oxygen atoms in total. The van der Waals surface area contributed by atoms with Gasteiger partial charge in [0.15, 0.2) is 0 Å². The van der Waals surface area contributed by atoms with Gasteiger partial charge in [0.05, 0.1) is 5.54 Å². The second kappa shape index (κ2) is 4.39. The van der Waals surface area contributed by atoms with Crippen molar-refractivity contribution in [2.45, 2.75) is 51.0 Å². The van der Waals surface area contributed by atoms with Crippen molar-refractivity contribution in [2.24, 2.45) is 5.73 Å². The molecule has 0 saturated heterocycles. The molecule has 18 heavy (non-hydrogen) atoms. The highest BCUT2D eigenvalue weighted by Gasteiger charge is 2.40. The van der Waals surface area contributed by atoms with E-state index >= 15 is 0 Å². The van der Waals surface area contributed by atoms with Gasteiger partial charge in [0.2, 0.25) is 5.91 Å². The molecule has 0 bridgehead atoms. The first-order valence-electron chi connectivity index (χ1n) is 6.52. The summed E-state index contributed by atoms with van der Waals surface area (Å²) in [5.74, 6) is -0.0581. The van der Waals surface area contributed by atoms with Crippen LogP contribution in [0.4, 0.5) is 5.69 Å². The first kappa shape index (κ1) is 13.1. The average molecular weight is 246 g/mol. The molecule has 1 aliphatic carbocycles. The van der Waals surface area contributed by atoms with Crippen LogP contribution in [0, 0.1) is 0 Å². The maximum Gasteiger partial charge on any atom is 0.244 e. The topological polar surface area (TPSA) is 55.1 Å². The highest BCUT2D eigenvalue weighted by Crippen LogP contribution is 2.30. The minimum Gasteiger partial charge on any atom is -0.324 e. The number of carbonyl (C=O) groups is 1. The van der Waals surface area contributed by atoms with Crippen LogP contribution < -0.4 is 11.1 Å². The van der Waals surface area contributed by atoms with Gasteiger partial charge in [-0.3, -0.25) is 4.79 Å². The lowest BCUT2D eigenvalue weighted by atomic mass is 9.77. The van der Waals surface area contributed by atoms with Crippen LogP contribution >= 0.6 is 0 Å². The Balaban J connectivity index is 2.05. The zero-order valence-electron chi connectivity index (χ0n) is 11.4. The monoisotopic (exact) mass is 246 g/mol. The molecule has 2 rings (SSSR count). The standard InChI is InChI=1S/C15H22N2O/c1-14(2,3)11-5-7-12(8-6-11)17-13(18)15(16)9-4-10-15/h5-8H,4,9-10,16H2,1-3H3,(H,17,18). The van der Waals surface area contributed by atoms with Gasteiger partial charge in [0.25, 0.3) is 0 Å². The van der Waals surface area contributed by atoms with Gasteiger partial charge in [-0.2, -0.15) is 0 Å². The van der Waals surface area contributed by atoms with Crippen LogP contribution in [0.3, 0.4) is 0 Å². The van der Waals surface area contributed by atoms with Crippen molar-refractivity contribution in [2.75, 3.05) is 5.32 Å². The predicted molar refractivity (Wildman–Crippen MR) is 74.5 cm³/mol. The first-order valence-corrected chi connectivity index (χ1v) is 6.52. The van der Waals surface area contributed by atoms with E-state index in [2.05, 4.69) is 38.2 Å². The van der Waals surface area contributed by atoms with E-state index in [-0.39, 0.29) is 11.3 Å². The predicted octanol–water partition coefficient (Wildman–Crippen LogP) is 2.80. The first-order chi connectivity index (χ1) is 8.31. The molecule has 1 aromatic rings. The van der Waals surface area contributed by atoms with Gasteiger partial charge >= 0.3 is 0 Å². The van der Waals surface area contributed by atoms with E-state index in [9.17, 15) is 4.79 Å². The minimum atomic E-state index is -0.636. The van der Waals surface area contributed by atoms with Crippen molar-refractivity contribution in [3.05, 3.63) is 29.8 Å². The van der Waals surface area contributed by atoms with Crippen LogP contribution in [-0.4, -0.2) is 11.4 Å². The van der Waals surface area contributed by atoms with E-state index in [1.165, 1.54) is 5.56 Å². The zero-order valence-corrected chi connectivity index (χ0v) is 11.4. The summed E-state index contributed by atoms with van der Waals surface area (Å²) < 4.78 is 0. The van der Waals surface area contributed by atoms with E-state index < -0.39 is 5.54 Å². The van der Waals surface area contributed by atoms with Crippen LogP contribution in [0.25, 0.3) is 0 Å². The van der Waals surface area contributed by atoms with Gasteiger partial charge < -0.3 is 11.1 Å². The molecule has 1 aromatic carbocycles. The fourth-order valence-corrected chi connectivity index (χ4v) is 2.09. The molecule has 1 fully saturated rings. The number of benzene rings is 1. The molecule has 1 amide bonds. The second-order valence-electron chi connectivity index (χ2n) is 6.29. The summed E-state index contributed by atoms with van der Waals surface area (Å²) in [7, 11) is 0. The Kier molecular flexibility index (Phi) is 3.20. The summed E-state index contributed by atoms with van der Waals surface area (Å²) >= 11 is 0. The van der Waals surface area contributed by atoms with E-state index in [1.807, 2.05) is 12.1 Å². The maximum atomic E-state index is 12.0. The number of hydrogen-bond acceptors (Lipinski definition) is 2. The number of nitrogens with one attached hydrogen (secondary N) is 1. The number of hydrogen-bond donors (Lipinski definition) is 2. The third-order valence-corrected chi connectivity index (χ3v) is 3.71. The molecule has 0 aliphatic heterocycles. The molecule has 3 N–H and O–H groups in total. The van der Waals surface area contributed by atoms with Crippen LogP contribution in [0.1, 0.15) is 45.6 Å². The van der Waals surface area contributed by atoms with Crippen molar-refractivity contribution >= 4 is 11.6 Å². The Bertz CT molecular complexity index is 439. The molecule has 1 aliphatic rings. The number of amides is 1. The van der Waals surface area contributed by atoms with Crippen molar-refractivity contribution in [1.82, 2.24) is 0 Å². The average Bonchev–Trinajstić information content (AvgIpc) is 2.25. The molecule has 0 atom stereocenters. The third-order valence-electron chi connectivity index (χ3n) is 3.71. The van der Waals surface area contributed by atoms with Crippen LogP contribution in [0.2, 0.25) is 0 Å². The fraction of sp³-hybridized carbons (Fsp3) is 0.533. The number of nitrogens with two attached hydrogens (primary N) is 1. The number of rotatable bonds is 2.